The number of amides is 1. The molecule has 0 bridgehead atoms. The van der Waals surface area contributed by atoms with Crippen molar-refractivity contribution in [2.75, 3.05) is 16.8 Å². The Morgan fingerprint density at radius 1 is 1.21 bits per heavy atom. The molecule has 1 N–H and O–H groups in total. The molecular weight excluding hydrogens is 394 g/mol. The molecule has 0 saturated carbocycles. The lowest BCUT2D eigenvalue weighted by atomic mass is 10.1. The van der Waals surface area contributed by atoms with Crippen LogP contribution in [0.2, 0.25) is 0 Å². The average molecular weight is 416 g/mol. The first-order chi connectivity index (χ1) is 13.3. The van der Waals surface area contributed by atoms with Gasteiger partial charge in [-0.15, -0.1) is 11.3 Å². The highest BCUT2D eigenvalue weighted by Gasteiger charge is 2.32. The van der Waals surface area contributed by atoms with Gasteiger partial charge in [0.2, 0.25) is 0 Å². The highest BCUT2D eigenvalue weighted by atomic mass is 32.2. The Labute approximate surface area is 168 Å². The van der Waals surface area contributed by atoms with Gasteiger partial charge in [0.25, 0.3) is 5.91 Å². The summed E-state index contributed by atoms with van der Waals surface area (Å²) < 4.78 is 25.6. The fraction of sp³-hybridized carbons (Fsp3) is 0.300. The van der Waals surface area contributed by atoms with Gasteiger partial charge in [0, 0.05) is 5.69 Å². The Bertz CT molecular complexity index is 1130. The lowest BCUT2D eigenvalue weighted by Crippen LogP contribution is -2.16. The maximum absolute atomic E-state index is 12.8. The first-order valence-electron chi connectivity index (χ1n) is 9.05. The minimum Gasteiger partial charge on any atom is -0.321 e. The number of aromatic nitrogens is 2. The number of thiophene rings is 1. The SMILES string of the molecule is Cc1ccc(NC(=O)c2cc(-c3cccs3)n([C@H]3CCS(=O)(=O)C3)n2)cc1C. The van der Waals surface area contributed by atoms with E-state index in [2.05, 4.69) is 10.4 Å². The summed E-state index contributed by atoms with van der Waals surface area (Å²) in [5, 5.41) is 9.34. The van der Waals surface area contributed by atoms with E-state index in [1.54, 1.807) is 10.7 Å². The van der Waals surface area contributed by atoms with Crippen LogP contribution in [0.4, 0.5) is 5.69 Å². The predicted molar refractivity (Wildman–Crippen MR) is 112 cm³/mol. The number of benzene rings is 1. The van der Waals surface area contributed by atoms with E-state index < -0.39 is 9.84 Å². The number of sulfone groups is 1. The fourth-order valence-corrected chi connectivity index (χ4v) is 5.80. The van der Waals surface area contributed by atoms with E-state index in [0.29, 0.717) is 12.1 Å². The average Bonchev–Trinajstić information content (AvgIpc) is 3.36. The molecule has 146 valence electrons. The van der Waals surface area contributed by atoms with Crippen LogP contribution in [0.3, 0.4) is 0 Å². The number of nitrogens with zero attached hydrogens (tertiary/aromatic N) is 2. The van der Waals surface area contributed by atoms with Crippen molar-refractivity contribution in [1.29, 1.82) is 0 Å². The van der Waals surface area contributed by atoms with Crippen molar-refractivity contribution in [3.63, 3.8) is 0 Å². The molecule has 3 heterocycles. The summed E-state index contributed by atoms with van der Waals surface area (Å²) in [5.74, 6) is -0.0858. The van der Waals surface area contributed by atoms with Gasteiger partial charge in [-0.1, -0.05) is 12.1 Å². The van der Waals surface area contributed by atoms with Gasteiger partial charge < -0.3 is 5.32 Å². The lowest BCUT2D eigenvalue weighted by molar-refractivity contribution is 0.102. The third-order valence-electron chi connectivity index (χ3n) is 5.06. The summed E-state index contributed by atoms with van der Waals surface area (Å²) in [6.45, 7) is 4.01. The Kier molecular flexibility index (Phi) is 4.84. The predicted octanol–water partition coefficient (Wildman–Crippen LogP) is 3.84. The molecule has 1 amide bonds. The van der Waals surface area contributed by atoms with E-state index in [1.165, 1.54) is 11.3 Å². The zero-order chi connectivity index (χ0) is 19.9. The van der Waals surface area contributed by atoms with Crippen molar-refractivity contribution in [2.45, 2.75) is 26.3 Å². The van der Waals surface area contributed by atoms with Crippen LogP contribution in [-0.2, 0) is 9.84 Å². The number of anilines is 1. The molecule has 0 spiro atoms. The molecular formula is C20H21N3O3S2. The number of hydrogen-bond donors (Lipinski definition) is 1. The zero-order valence-corrected chi connectivity index (χ0v) is 17.3. The van der Waals surface area contributed by atoms with E-state index >= 15 is 0 Å². The van der Waals surface area contributed by atoms with E-state index in [-0.39, 0.29) is 29.1 Å². The molecule has 8 heteroatoms. The van der Waals surface area contributed by atoms with Crippen LogP contribution in [-0.4, -0.2) is 35.6 Å². The molecule has 6 nitrogen and oxygen atoms in total. The summed E-state index contributed by atoms with van der Waals surface area (Å²) in [6.07, 6.45) is 0.514. The molecule has 1 atom stereocenters. The lowest BCUT2D eigenvalue weighted by Gasteiger charge is -2.12. The highest BCUT2D eigenvalue weighted by molar-refractivity contribution is 7.91. The van der Waals surface area contributed by atoms with Gasteiger partial charge in [-0.3, -0.25) is 9.48 Å². The third-order valence-corrected chi connectivity index (χ3v) is 7.70. The van der Waals surface area contributed by atoms with Crippen molar-refractivity contribution >= 4 is 32.8 Å². The molecule has 2 aromatic heterocycles. The van der Waals surface area contributed by atoms with Crippen LogP contribution in [0.5, 0.6) is 0 Å². The van der Waals surface area contributed by atoms with Crippen LogP contribution in [0.1, 0.15) is 34.1 Å². The minimum absolute atomic E-state index is 0.0608. The first-order valence-corrected chi connectivity index (χ1v) is 11.7. The zero-order valence-electron chi connectivity index (χ0n) is 15.7. The summed E-state index contributed by atoms with van der Waals surface area (Å²) >= 11 is 1.54. The Hall–Kier alpha value is -2.45. The molecule has 0 unspecified atom stereocenters. The third kappa shape index (κ3) is 3.74. The molecule has 3 aromatic rings. The molecule has 1 saturated heterocycles. The van der Waals surface area contributed by atoms with Crippen molar-refractivity contribution in [2.24, 2.45) is 0 Å². The summed E-state index contributed by atoms with van der Waals surface area (Å²) in [4.78, 5) is 13.7. The van der Waals surface area contributed by atoms with Gasteiger partial charge in [-0.2, -0.15) is 5.10 Å². The number of aryl methyl sites for hydroxylation is 2. The summed E-state index contributed by atoms with van der Waals surface area (Å²) in [5.41, 5.74) is 4.03. The van der Waals surface area contributed by atoms with E-state index in [1.807, 2.05) is 49.6 Å². The summed E-state index contributed by atoms with van der Waals surface area (Å²) in [7, 11) is -3.06. The van der Waals surface area contributed by atoms with Crippen LogP contribution in [0, 0.1) is 13.8 Å². The van der Waals surface area contributed by atoms with Gasteiger partial charge >= 0.3 is 0 Å². The highest BCUT2D eigenvalue weighted by Crippen LogP contribution is 2.32. The maximum Gasteiger partial charge on any atom is 0.276 e. The van der Waals surface area contributed by atoms with Gasteiger partial charge in [0.05, 0.1) is 28.1 Å². The maximum atomic E-state index is 12.8. The van der Waals surface area contributed by atoms with E-state index in [9.17, 15) is 13.2 Å². The largest absolute Gasteiger partial charge is 0.321 e. The Morgan fingerprint density at radius 3 is 2.68 bits per heavy atom. The number of carbonyl (C=O) groups excluding carboxylic acids is 1. The van der Waals surface area contributed by atoms with E-state index in [0.717, 1.165) is 21.7 Å². The van der Waals surface area contributed by atoms with Gasteiger partial charge in [-0.25, -0.2) is 8.42 Å². The minimum atomic E-state index is -3.06. The quantitative estimate of drug-likeness (QED) is 0.702. The summed E-state index contributed by atoms with van der Waals surface area (Å²) in [6, 6.07) is 11.1. The van der Waals surface area contributed by atoms with Crippen molar-refractivity contribution in [3.8, 4) is 10.6 Å². The number of rotatable bonds is 4. The van der Waals surface area contributed by atoms with Gasteiger partial charge in [-0.05, 0) is 61.0 Å². The molecule has 0 radical (unpaired) electrons. The second-order valence-corrected chi connectivity index (χ2v) is 10.3. The van der Waals surface area contributed by atoms with Gasteiger partial charge in [0.1, 0.15) is 0 Å². The van der Waals surface area contributed by atoms with Crippen molar-refractivity contribution in [3.05, 3.63) is 58.6 Å². The van der Waals surface area contributed by atoms with Crippen LogP contribution in [0.15, 0.2) is 41.8 Å². The monoisotopic (exact) mass is 415 g/mol. The topological polar surface area (TPSA) is 81.1 Å². The van der Waals surface area contributed by atoms with E-state index in [4.69, 9.17) is 0 Å². The molecule has 4 rings (SSSR count). The van der Waals surface area contributed by atoms with Crippen LogP contribution >= 0.6 is 11.3 Å². The van der Waals surface area contributed by atoms with Crippen molar-refractivity contribution < 1.29 is 13.2 Å². The second-order valence-electron chi connectivity index (χ2n) is 7.15. The van der Waals surface area contributed by atoms with Gasteiger partial charge in [0.15, 0.2) is 15.5 Å². The first kappa shape index (κ1) is 18.9. The molecule has 1 aromatic carbocycles. The van der Waals surface area contributed by atoms with Crippen molar-refractivity contribution in [1.82, 2.24) is 9.78 Å². The Balaban J connectivity index is 1.67. The standard InChI is InChI=1S/C20H21N3O3S2/c1-13-5-6-15(10-14(13)2)21-20(24)17-11-18(19-4-3-8-27-19)23(22-17)16-7-9-28(25,26)12-16/h3-6,8,10-11,16H,7,9,12H2,1-2H3,(H,21,24)/t16-/m0/s1. The number of nitrogens with one attached hydrogen (secondary N) is 1. The molecule has 1 aliphatic rings. The van der Waals surface area contributed by atoms with Crippen LogP contribution in [0.25, 0.3) is 10.6 Å². The normalized spacial score (nSPS) is 18.3. The Morgan fingerprint density at radius 2 is 2.04 bits per heavy atom. The molecule has 1 aliphatic heterocycles. The second kappa shape index (κ2) is 7.18. The molecule has 28 heavy (non-hydrogen) atoms. The molecule has 0 aliphatic carbocycles. The molecule has 1 fully saturated rings. The number of hydrogen-bond acceptors (Lipinski definition) is 5. The fourth-order valence-electron chi connectivity index (χ4n) is 3.37. The smallest absolute Gasteiger partial charge is 0.276 e. The number of carbonyl (C=O) groups is 1. The van der Waals surface area contributed by atoms with Crippen LogP contribution < -0.4 is 5.32 Å².